The lowest BCUT2D eigenvalue weighted by molar-refractivity contribution is -0.136. The SMILES string of the molecule is Cc1nc2c(C(F)(F)F)cccc2cc1C(=O)O. The second kappa shape index (κ2) is 3.97. The number of carboxylic acid groups (broad SMARTS) is 1. The van der Waals surface area contributed by atoms with E-state index in [0.717, 1.165) is 6.07 Å². The molecule has 1 heterocycles. The highest BCUT2D eigenvalue weighted by atomic mass is 19.4. The fraction of sp³-hybridized carbons (Fsp3) is 0.167. The number of rotatable bonds is 1. The number of fused-ring (bicyclic) bond motifs is 1. The van der Waals surface area contributed by atoms with Crippen LogP contribution in [0.5, 0.6) is 0 Å². The molecule has 0 spiro atoms. The zero-order valence-electron chi connectivity index (χ0n) is 9.25. The van der Waals surface area contributed by atoms with Crippen LogP contribution in [-0.2, 0) is 6.18 Å². The van der Waals surface area contributed by atoms with Gasteiger partial charge in [0.05, 0.1) is 22.3 Å². The largest absolute Gasteiger partial charge is 0.478 e. The summed E-state index contributed by atoms with van der Waals surface area (Å²) in [5.74, 6) is -1.21. The molecule has 6 heteroatoms. The van der Waals surface area contributed by atoms with Crippen LogP contribution in [0.1, 0.15) is 21.6 Å². The lowest BCUT2D eigenvalue weighted by Crippen LogP contribution is -2.08. The van der Waals surface area contributed by atoms with Crippen molar-refractivity contribution in [1.29, 1.82) is 0 Å². The van der Waals surface area contributed by atoms with Gasteiger partial charge in [-0.2, -0.15) is 13.2 Å². The summed E-state index contributed by atoms with van der Waals surface area (Å²) in [6, 6.07) is 4.77. The number of carbonyl (C=O) groups is 1. The maximum Gasteiger partial charge on any atom is 0.418 e. The molecule has 0 aliphatic rings. The number of nitrogens with zero attached hydrogens (tertiary/aromatic N) is 1. The highest BCUT2D eigenvalue weighted by Gasteiger charge is 2.33. The number of aromatic carboxylic acids is 1. The quantitative estimate of drug-likeness (QED) is 0.850. The monoisotopic (exact) mass is 255 g/mol. The summed E-state index contributed by atoms with van der Waals surface area (Å²) in [6.07, 6.45) is -4.51. The minimum atomic E-state index is -4.51. The Labute approximate surface area is 99.9 Å². The zero-order valence-corrected chi connectivity index (χ0v) is 9.25. The van der Waals surface area contributed by atoms with Gasteiger partial charge in [-0.3, -0.25) is 4.98 Å². The van der Waals surface area contributed by atoms with Gasteiger partial charge in [0.15, 0.2) is 0 Å². The van der Waals surface area contributed by atoms with E-state index in [0.29, 0.717) is 0 Å². The van der Waals surface area contributed by atoms with E-state index in [1.54, 1.807) is 0 Å². The second-order valence-corrected chi connectivity index (χ2v) is 3.80. The Bertz CT molecular complexity index is 635. The molecule has 0 bridgehead atoms. The summed E-state index contributed by atoms with van der Waals surface area (Å²) in [5, 5.41) is 9.05. The Hall–Kier alpha value is -2.11. The minimum Gasteiger partial charge on any atom is -0.478 e. The van der Waals surface area contributed by atoms with E-state index in [9.17, 15) is 18.0 Å². The molecule has 2 aromatic rings. The van der Waals surface area contributed by atoms with Gasteiger partial charge < -0.3 is 5.11 Å². The molecule has 3 nitrogen and oxygen atoms in total. The van der Waals surface area contributed by atoms with Crippen molar-refractivity contribution >= 4 is 16.9 Å². The summed E-state index contributed by atoms with van der Waals surface area (Å²) >= 11 is 0. The fourth-order valence-corrected chi connectivity index (χ4v) is 1.74. The highest BCUT2D eigenvalue weighted by Crippen LogP contribution is 2.34. The number of aryl methyl sites for hydroxylation is 1. The molecule has 18 heavy (non-hydrogen) atoms. The number of benzene rings is 1. The fourth-order valence-electron chi connectivity index (χ4n) is 1.74. The number of aromatic nitrogens is 1. The number of halogens is 3. The van der Waals surface area contributed by atoms with Crippen molar-refractivity contribution in [3.63, 3.8) is 0 Å². The first kappa shape index (κ1) is 12.3. The molecule has 1 aromatic heterocycles. The Kier molecular flexibility index (Phi) is 2.73. The molecule has 0 unspecified atom stereocenters. The van der Waals surface area contributed by atoms with E-state index in [1.165, 1.54) is 25.1 Å². The van der Waals surface area contributed by atoms with Crippen molar-refractivity contribution in [2.45, 2.75) is 13.1 Å². The minimum absolute atomic E-state index is 0.0618. The number of alkyl halides is 3. The molecule has 2 rings (SSSR count). The van der Waals surface area contributed by atoms with Crippen molar-refractivity contribution in [2.75, 3.05) is 0 Å². The number of hydrogen-bond donors (Lipinski definition) is 1. The Morgan fingerprint density at radius 2 is 2.00 bits per heavy atom. The normalized spacial score (nSPS) is 11.8. The smallest absolute Gasteiger partial charge is 0.418 e. The van der Waals surface area contributed by atoms with Gasteiger partial charge in [-0.05, 0) is 19.1 Å². The molecule has 0 fully saturated rings. The van der Waals surface area contributed by atoms with Crippen molar-refractivity contribution in [2.24, 2.45) is 0 Å². The van der Waals surface area contributed by atoms with E-state index in [1.807, 2.05) is 0 Å². The van der Waals surface area contributed by atoms with Gasteiger partial charge in [-0.15, -0.1) is 0 Å². The van der Waals surface area contributed by atoms with Gasteiger partial charge >= 0.3 is 12.1 Å². The molecule has 0 atom stereocenters. The van der Waals surface area contributed by atoms with Crippen molar-refractivity contribution in [3.8, 4) is 0 Å². The van der Waals surface area contributed by atoms with Crippen LogP contribution in [0.2, 0.25) is 0 Å². The van der Waals surface area contributed by atoms with Gasteiger partial charge in [0.1, 0.15) is 0 Å². The molecule has 0 saturated carbocycles. The van der Waals surface area contributed by atoms with Crippen LogP contribution in [0.4, 0.5) is 13.2 Å². The number of para-hydroxylation sites is 1. The zero-order chi connectivity index (χ0) is 13.5. The average Bonchev–Trinajstić information content (AvgIpc) is 2.25. The molecule has 1 aromatic carbocycles. The van der Waals surface area contributed by atoms with Gasteiger partial charge in [-0.1, -0.05) is 12.1 Å². The van der Waals surface area contributed by atoms with Gasteiger partial charge in [0.25, 0.3) is 0 Å². The molecule has 0 saturated heterocycles. The summed E-state index contributed by atoms with van der Waals surface area (Å²) in [7, 11) is 0. The number of hydrogen-bond acceptors (Lipinski definition) is 2. The van der Waals surface area contributed by atoms with Gasteiger partial charge in [0, 0.05) is 5.39 Å². The topological polar surface area (TPSA) is 50.2 Å². The predicted molar refractivity (Wildman–Crippen MR) is 58.4 cm³/mol. The van der Waals surface area contributed by atoms with E-state index in [-0.39, 0.29) is 22.2 Å². The molecular weight excluding hydrogens is 247 g/mol. The third-order valence-corrected chi connectivity index (χ3v) is 2.57. The maximum atomic E-state index is 12.8. The van der Waals surface area contributed by atoms with E-state index in [4.69, 9.17) is 5.11 Å². The van der Waals surface area contributed by atoms with Crippen LogP contribution in [0, 0.1) is 6.92 Å². The first-order valence-electron chi connectivity index (χ1n) is 5.01. The summed E-state index contributed by atoms with van der Waals surface area (Å²) in [6.45, 7) is 1.37. The molecule has 94 valence electrons. The summed E-state index contributed by atoms with van der Waals surface area (Å²) < 4.78 is 38.3. The molecular formula is C12H8F3NO2. The summed E-state index contributed by atoms with van der Waals surface area (Å²) in [5.41, 5.74) is -1.12. The van der Waals surface area contributed by atoms with E-state index in [2.05, 4.69) is 4.98 Å². The lowest BCUT2D eigenvalue weighted by Gasteiger charge is -2.11. The molecule has 0 aliphatic heterocycles. The van der Waals surface area contributed by atoms with Crippen LogP contribution in [-0.4, -0.2) is 16.1 Å². The maximum absolute atomic E-state index is 12.8. The van der Waals surface area contributed by atoms with Gasteiger partial charge in [-0.25, -0.2) is 4.79 Å². The van der Waals surface area contributed by atoms with Crippen molar-refractivity contribution in [3.05, 3.63) is 41.1 Å². The molecule has 1 N–H and O–H groups in total. The van der Waals surface area contributed by atoms with E-state index < -0.39 is 17.7 Å². The van der Waals surface area contributed by atoms with Gasteiger partial charge in [0.2, 0.25) is 0 Å². The second-order valence-electron chi connectivity index (χ2n) is 3.80. The first-order valence-corrected chi connectivity index (χ1v) is 5.01. The molecule has 0 amide bonds. The predicted octanol–water partition coefficient (Wildman–Crippen LogP) is 3.26. The average molecular weight is 255 g/mol. The van der Waals surface area contributed by atoms with Crippen LogP contribution in [0.3, 0.4) is 0 Å². The standard InChI is InChI=1S/C12H8F3NO2/c1-6-8(11(17)18)5-7-3-2-4-9(10(7)16-6)12(13,14)15/h2-5H,1H3,(H,17,18). The summed E-state index contributed by atoms with van der Waals surface area (Å²) in [4.78, 5) is 14.6. The van der Waals surface area contributed by atoms with E-state index >= 15 is 0 Å². The van der Waals surface area contributed by atoms with Crippen LogP contribution in [0.15, 0.2) is 24.3 Å². The molecule has 0 radical (unpaired) electrons. The first-order chi connectivity index (χ1) is 8.30. The van der Waals surface area contributed by atoms with Crippen LogP contribution >= 0.6 is 0 Å². The Morgan fingerprint density at radius 3 is 2.56 bits per heavy atom. The third kappa shape index (κ3) is 2.01. The van der Waals surface area contributed by atoms with Crippen molar-refractivity contribution < 1.29 is 23.1 Å². The number of pyridine rings is 1. The highest BCUT2D eigenvalue weighted by molar-refractivity contribution is 5.94. The van der Waals surface area contributed by atoms with Crippen LogP contribution in [0.25, 0.3) is 10.9 Å². The lowest BCUT2D eigenvalue weighted by atomic mass is 10.1. The van der Waals surface area contributed by atoms with Crippen LogP contribution < -0.4 is 0 Å². The Balaban J connectivity index is 2.81. The van der Waals surface area contributed by atoms with Crippen molar-refractivity contribution in [1.82, 2.24) is 4.98 Å². The number of carboxylic acids is 1. The molecule has 0 aliphatic carbocycles. The Morgan fingerprint density at radius 1 is 1.33 bits per heavy atom. The third-order valence-electron chi connectivity index (χ3n) is 2.57.